The third-order valence-electron chi connectivity index (χ3n) is 4.80. The molecule has 0 unspecified atom stereocenters. The van der Waals surface area contributed by atoms with Crippen molar-refractivity contribution in [2.24, 2.45) is 4.99 Å². The molecule has 0 radical (unpaired) electrons. The van der Waals surface area contributed by atoms with Gasteiger partial charge < -0.3 is 14.4 Å². The third-order valence-corrected chi connectivity index (χ3v) is 5.90. The molecule has 0 saturated heterocycles. The highest BCUT2D eigenvalue weighted by Crippen LogP contribution is 2.38. The molecule has 32 heavy (non-hydrogen) atoms. The Bertz CT molecular complexity index is 1080. The van der Waals surface area contributed by atoms with E-state index >= 15 is 0 Å². The van der Waals surface area contributed by atoms with Crippen LogP contribution in [0.3, 0.4) is 0 Å². The summed E-state index contributed by atoms with van der Waals surface area (Å²) in [4.78, 5) is 36.1. The number of hydrogen-bond acceptors (Lipinski definition) is 8. The fraction of sp³-hybridized carbons (Fsp3) is 0.364. The quantitative estimate of drug-likeness (QED) is 0.566. The fourth-order valence-electron chi connectivity index (χ4n) is 3.15. The summed E-state index contributed by atoms with van der Waals surface area (Å²) in [5, 5.41) is 2.58. The van der Waals surface area contributed by atoms with E-state index in [1.807, 2.05) is 5.38 Å². The van der Waals surface area contributed by atoms with Crippen LogP contribution in [0, 0.1) is 5.82 Å². The van der Waals surface area contributed by atoms with Crippen LogP contribution in [0.15, 0.2) is 46.0 Å². The molecule has 1 aliphatic heterocycles. The van der Waals surface area contributed by atoms with Gasteiger partial charge in [-0.05, 0) is 39.8 Å². The highest BCUT2D eigenvalue weighted by atomic mass is 35.5. The smallest absolute Gasteiger partial charge is 0.347 e. The largest absolute Gasteiger partial charge is 0.460 e. The van der Waals surface area contributed by atoms with Crippen LogP contribution in [-0.2, 0) is 19.1 Å². The predicted molar refractivity (Wildman–Crippen MR) is 120 cm³/mol. The standard InChI is InChI=1S/C22H23ClFN3O4S/c1-11(2)30-21(28)13(4)31-22(29)17-12(3)27(5)19(20-25-8-9-32-20)26-18(17)15-7-6-14(24)10-16(15)23/h6-11,13,18H,1-5H3/t13-,18-/m0/s1. The lowest BCUT2D eigenvalue weighted by Crippen LogP contribution is -2.36. The van der Waals surface area contributed by atoms with Crippen LogP contribution in [0.4, 0.5) is 4.39 Å². The number of halogens is 2. The Labute approximate surface area is 194 Å². The fourth-order valence-corrected chi connectivity index (χ4v) is 4.09. The second-order valence-electron chi connectivity index (χ2n) is 7.45. The first-order chi connectivity index (χ1) is 15.1. The lowest BCUT2D eigenvalue weighted by Gasteiger charge is -2.32. The Balaban J connectivity index is 2.03. The number of aliphatic imine (C=N–C) groups is 1. The second kappa shape index (κ2) is 9.79. The number of aromatic nitrogens is 1. The Morgan fingerprint density at radius 1 is 1.25 bits per heavy atom. The van der Waals surface area contributed by atoms with E-state index in [9.17, 15) is 14.0 Å². The van der Waals surface area contributed by atoms with E-state index in [0.29, 0.717) is 22.1 Å². The van der Waals surface area contributed by atoms with Crippen molar-refractivity contribution in [2.75, 3.05) is 7.05 Å². The molecule has 2 atom stereocenters. The Kier molecular flexibility index (Phi) is 7.30. The van der Waals surface area contributed by atoms with Crippen molar-refractivity contribution in [2.45, 2.75) is 45.9 Å². The summed E-state index contributed by atoms with van der Waals surface area (Å²) in [6.45, 7) is 6.59. The summed E-state index contributed by atoms with van der Waals surface area (Å²) >= 11 is 7.71. The molecule has 0 spiro atoms. The molecule has 1 aromatic heterocycles. The molecule has 2 heterocycles. The van der Waals surface area contributed by atoms with Gasteiger partial charge in [0, 0.05) is 34.9 Å². The van der Waals surface area contributed by atoms with Crippen molar-refractivity contribution >= 4 is 40.7 Å². The van der Waals surface area contributed by atoms with Gasteiger partial charge in [-0.3, -0.25) is 4.99 Å². The maximum absolute atomic E-state index is 13.7. The van der Waals surface area contributed by atoms with E-state index in [0.717, 1.165) is 6.07 Å². The van der Waals surface area contributed by atoms with Gasteiger partial charge in [-0.25, -0.2) is 19.0 Å². The number of allylic oxidation sites excluding steroid dienone is 1. The first-order valence-corrected chi connectivity index (χ1v) is 11.1. The van der Waals surface area contributed by atoms with E-state index < -0.39 is 29.9 Å². The van der Waals surface area contributed by atoms with Gasteiger partial charge in [-0.2, -0.15) is 0 Å². The van der Waals surface area contributed by atoms with Crippen LogP contribution in [0.25, 0.3) is 0 Å². The Hall–Kier alpha value is -2.78. The summed E-state index contributed by atoms with van der Waals surface area (Å²) in [5.74, 6) is -1.37. The number of esters is 2. The molecule has 0 amide bonds. The van der Waals surface area contributed by atoms with Crippen LogP contribution in [0.2, 0.25) is 5.02 Å². The van der Waals surface area contributed by atoms with Crippen LogP contribution in [0.1, 0.15) is 44.3 Å². The summed E-state index contributed by atoms with van der Waals surface area (Å²) < 4.78 is 24.2. The van der Waals surface area contributed by atoms with E-state index in [2.05, 4.69) is 4.98 Å². The maximum Gasteiger partial charge on any atom is 0.347 e. The normalized spacial score (nSPS) is 17.3. The van der Waals surface area contributed by atoms with E-state index in [1.54, 1.807) is 38.9 Å². The number of amidine groups is 1. The molecule has 0 bridgehead atoms. The first-order valence-electron chi connectivity index (χ1n) is 9.88. The zero-order valence-electron chi connectivity index (χ0n) is 18.3. The van der Waals surface area contributed by atoms with Crippen molar-refractivity contribution < 1.29 is 23.5 Å². The number of rotatable bonds is 6. The number of carbonyl (C=O) groups is 2. The van der Waals surface area contributed by atoms with Gasteiger partial charge in [-0.15, -0.1) is 11.3 Å². The van der Waals surface area contributed by atoms with Crippen molar-refractivity contribution in [3.63, 3.8) is 0 Å². The molecule has 7 nitrogen and oxygen atoms in total. The molecular formula is C22H23ClFN3O4S. The Morgan fingerprint density at radius 3 is 2.56 bits per heavy atom. The van der Waals surface area contributed by atoms with Gasteiger partial charge >= 0.3 is 11.9 Å². The van der Waals surface area contributed by atoms with Crippen LogP contribution >= 0.6 is 22.9 Å². The highest BCUT2D eigenvalue weighted by Gasteiger charge is 2.36. The van der Waals surface area contributed by atoms with E-state index in [-0.39, 0.29) is 16.7 Å². The number of ether oxygens (including phenoxy) is 2. The summed E-state index contributed by atoms with van der Waals surface area (Å²) in [6.07, 6.45) is 0.187. The van der Waals surface area contributed by atoms with Gasteiger partial charge in [0.2, 0.25) is 0 Å². The zero-order valence-corrected chi connectivity index (χ0v) is 19.8. The molecule has 0 aliphatic carbocycles. The van der Waals surface area contributed by atoms with Gasteiger partial charge in [0.25, 0.3) is 0 Å². The number of carbonyl (C=O) groups excluding carboxylic acids is 2. The second-order valence-corrected chi connectivity index (χ2v) is 8.75. The van der Waals surface area contributed by atoms with Gasteiger partial charge in [0.15, 0.2) is 16.9 Å². The van der Waals surface area contributed by atoms with Gasteiger partial charge in [0.05, 0.1) is 11.7 Å². The molecule has 0 N–H and O–H groups in total. The lowest BCUT2D eigenvalue weighted by atomic mass is 9.95. The Morgan fingerprint density at radius 2 is 1.97 bits per heavy atom. The SMILES string of the molecule is CC1=C(C(=O)O[C@@H](C)C(=O)OC(C)C)[C@H](c2ccc(F)cc2Cl)N=C(c2nccs2)N1C. The van der Waals surface area contributed by atoms with Crippen molar-refractivity contribution in [1.82, 2.24) is 9.88 Å². The molecule has 0 fully saturated rings. The average molecular weight is 480 g/mol. The number of nitrogens with zero attached hydrogens (tertiary/aromatic N) is 3. The zero-order chi connectivity index (χ0) is 23.6. The number of thiazole rings is 1. The van der Waals surface area contributed by atoms with E-state index in [1.165, 1.54) is 30.4 Å². The van der Waals surface area contributed by atoms with Gasteiger partial charge in [0.1, 0.15) is 11.9 Å². The highest BCUT2D eigenvalue weighted by molar-refractivity contribution is 7.11. The monoisotopic (exact) mass is 479 g/mol. The molecule has 10 heteroatoms. The minimum Gasteiger partial charge on any atom is -0.460 e. The maximum atomic E-state index is 13.7. The van der Waals surface area contributed by atoms with Crippen LogP contribution in [-0.4, -0.2) is 46.9 Å². The third kappa shape index (κ3) is 4.99. The van der Waals surface area contributed by atoms with Crippen molar-refractivity contribution in [3.05, 3.63) is 62.5 Å². The lowest BCUT2D eigenvalue weighted by molar-refractivity contribution is -0.167. The average Bonchev–Trinajstić information content (AvgIpc) is 3.24. The summed E-state index contributed by atoms with van der Waals surface area (Å²) in [6, 6.07) is 3.01. The predicted octanol–water partition coefficient (Wildman–Crippen LogP) is 4.53. The molecular weight excluding hydrogens is 457 g/mol. The molecule has 1 aromatic carbocycles. The minimum atomic E-state index is -1.12. The summed E-state index contributed by atoms with van der Waals surface area (Å²) in [7, 11) is 1.75. The van der Waals surface area contributed by atoms with E-state index in [4.69, 9.17) is 26.1 Å². The van der Waals surface area contributed by atoms with Crippen LogP contribution in [0.5, 0.6) is 0 Å². The van der Waals surface area contributed by atoms with Crippen molar-refractivity contribution in [3.8, 4) is 0 Å². The molecule has 2 aromatic rings. The molecule has 170 valence electrons. The number of benzene rings is 1. The minimum absolute atomic E-state index is 0.118. The number of hydrogen-bond donors (Lipinski definition) is 0. The summed E-state index contributed by atoms with van der Waals surface area (Å²) in [5.41, 5.74) is 1.16. The molecule has 0 saturated carbocycles. The topological polar surface area (TPSA) is 81.1 Å². The first kappa shape index (κ1) is 23.9. The van der Waals surface area contributed by atoms with Gasteiger partial charge in [-0.1, -0.05) is 17.7 Å². The van der Waals surface area contributed by atoms with Crippen molar-refractivity contribution in [1.29, 1.82) is 0 Å². The molecule has 1 aliphatic rings. The molecule has 3 rings (SSSR count). The van der Waals surface area contributed by atoms with Crippen LogP contribution < -0.4 is 0 Å².